The highest BCUT2D eigenvalue weighted by Gasteiger charge is 2.19. The highest BCUT2D eigenvalue weighted by molar-refractivity contribution is 5.94. The number of hydrogen-bond donors (Lipinski definition) is 1. The summed E-state index contributed by atoms with van der Waals surface area (Å²) in [5, 5.41) is 4.07. The second-order valence-corrected chi connectivity index (χ2v) is 5.53. The Hall–Kier alpha value is -1.16. The van der Waals surface area contributed by atoms with E-state index in [1.54, 1.807) is 24.0 Å². The second kappa shape index (κ2) is 4.78. The number of carbonyl (C=O) groups is 1. The number of Topliss-reactive ketones (excluding diaryl/α,β-unsaturated/α-hetero) is 1. The Kier molecular flexibility index (Phi) is 3.86. The van der Waals surface area contributed by atoms with Crippen LogP contribution in [0.2, 0.25) is 0 Å². The van der Waals surface area contributed by atoms with E-state index in [9.17, 15) is 4.79 Å². The van der Waals surface area contributed by atoms with Crippen molar-refractivity contribution < 1.29 is 4.79 Å². The fourth-order valence-electron chi connectivity index (χ4n) is 1.77. The van der Waals surface area contributed by atoms with E-state index in [-0.39, 0.29) is 17.2 Å². The Morgan fingerprint density at radius 3 is 2.62 bits per heavy atom. The van der Waals surface area contributed by atoms with Gasteiger partial charge in [-0.25, -0.2) is 0 Å². The first-order valence-corrected chi connectivity index (χ1v) is 5.56. The third kappa shape index (κ3) is 4.14. The molecular weight excluding hydrogens is 202 g/mol. The molecular formula is C12H21N3O. The molecule has 1 aromatic rings. The summed E-state index contributed by atoms with van der Waals surface area (Å²) < 4.78 is 1.63. The van der Waals surface area contributed by atoms with Crippen LogP contribution in [0.5, 0.6) is 0 Å². The van der Waals surface area contributed by atoms with E-state index in [1.165, 1.54) is 0 Å². The van der Waals surface area contributed by atoms with Gasteiger partial charge >= 0.3 is 0 Å². The molecule has 4 heteroatoms. The van der Waals surface area contributed by atoms with Gasteiger partial charge in [0, 0.05) is 25.7 Å². The van der Waals surface area contributed by atoms with Crippen LogP contribution in [0, 0.1) is 5.41 Å². The standard InChI is InChI=1S/C12H21N3O/c1-12(2,3)8-9(13)7-11(16)10-5-6-15(4)14-10/h5-6,9H,7-8,13H2,1-4H3. The Morgan fingerprint density at radius 2 is 2.19 bits per heavy atom. The zero-order chi connectivity index (χ0) is 12.3. The summed E-state index contributed by atoms with van der Waals surface area (Å²) in [7, 11) is 1.80. The minimum absolute atomic E-state index is 0.0253. The van der Waals surface area contributed by atoms with E-state index in [2.05, 4.69) is 25.9 Å². The van der Waals surface area contributed by atoms with Crippen LogP contribution in [0.25, 0.3) is 0 Å². The van der Waals surface area contributed by atoms with Gasteiger partial charge < -0.3 is 5.73 Å². The van der Waals surface area contributed by atoms with Crippen LogP contribution >= 0.6 is 0 Å². The normalized spacial score (nSPS) is 13.8. The highest BCUT2D eigenvalue weighted by atomic mass is 16.1. The van der Waals surface area contributed by atoms with Crippen LogP contribution in [0.15, 0.2) is 12.3 Å². The molecule has 1 rings (SSSR count). The lowest BCUT2D eigenvalue weighted by molar-refractivity contribution is 0.0962. The van der Waals surface area contributed by atoms with Crippen LogP contribution in [0.3, 0.4) is 0 Å². The number of carbonyl (C=O) groups excluding carboxylic acids is 1. The summed E-state index contributed by atoms with van der Waals surface area (Å²) in [6.45, 7) is 6.37. The predicted molar refractivity (Wildman–Crippen MR) is 64.2 cm³/mol. The molecule has 0 saturated heterocycles. The fourth-order valence-corrected chi connectivity index (χ4v) is 1.77. The third-order valence-corrected chi connectivity index (χ3v) is 2.32. The van der Waals surface area contributed by atoms with Gasteiger partial charge in [0.1, 0.15) is 5.69 Å². The summed E-state index contributed by atoms with van der Waals surface area (Å²) in [4.78, 5) is 11.8. The number of ketones is 1. The average Bonchev–Trinajstić information content (AvgIpc) is 2.47. The van der Waals surface area contributed by atoms with Crippen molar-refractivity contribution in [3.05, 3.63) is 18.0 Å². The molecule has 0 aliphatic carbocycles. The highest BCUT2D eigenvalue weighted by Crippen LogP contribution is 2.21. The van der Waals surface area contributed by atoms with Gasteiger partial charge in [0.05, 0.1) is 0 Å². The molecule has 0 saturated carbocycles. The maximum Gasteiger partial charge on any atom is 0.184 e. The van der Waals surface area contributed by atoms with Gasteiger partial charge in [0.25, 0.3) is 0 Å². The molecule has 1 atom stereocenters. The molecule has 16 heavy (non-hydrogen) atoms. The van der Waals surface area contributed by atoms with E-state index >= 15 is 0 Å². The molecule has 2 N–H and O–H groups in total. The van der Waals surface area contributed by atoms with Crippen LogP contribution in [0.4, 0.5) is 0 Å². The van der Waals surface area contributed by atoms with E-state index in [0.717, 1.165) is 6.42 Å². The van der Waals surface area contributed by atoms with Crippen molar-refractivity contribution in [1.82, 2.24) is 9.78 Å². The Bertz CT molecular complexity index is 363. The zero-order valence-electron chi connectivity index (χ0n) is 10.5. The Morgan fingerprint density at radius 1 is 1.56 bits per heavy atom. The van der Waals surface area contributed by atoms with Gasteiger partial charge in [0.15, 0.2) is 5.78 Å². The van der Waals surface area contributed by atoms with Crippen molar-refractivity contribution in [2.24, 2.45) is 18.2 Å². The molecule has 0 spiro atoms. The third-order valence-electron chi connectivity index (χ3n) is 2.32. The second-order valence-electron chi connectivity index (χ2n) is 5.53. The van der Waals surface area contributed by atoms with Crippen molar-refractivity contribution in [3.8, 4) is 0 Å². The molecule has 1 heterocycles. The Labute approximate surface area is 96.8 Å². The largest absolute Gasteiger partial charge is 0.327 e. The quantitative estimate of drug-likeness (QED) is 0.791. The lowest BCUT2D eigenvalue weighted by Crippen LogP contribution is -2.29. The van der Waals surface area contributed by atoms with E-state index in [0.29, 0.717) is 12.1 Å². The van der Waals surface area contributed by atoms with Crippen molar-refractivity contribution >= 4 is 5.78 Å². The molecule has 0 aliphatic heterocycles. The predicted octanol–water partition coefficient (Wildman–Crippen LogP) is 1.76. The molecule has 0 fully saturated rings. The summed E-state index contributed by atoms with van der Waals surface area (Å²) in [5.41, 5.74) is 6.61. The fraction of sp³-hybridized carbons (Fsp3) is 0.667. The number of aromatic nitrogens is 2. The SMILES string of the molecule is Cn1ccc(C(=O)CC(N)CC(C)(C)C)n1. The monoisotopic (exact) mass is 223 g/mol. The topological polar surface area (TPSA) is 60.9 Å². The minimum atomic E-state index is -0.0884. The first kappa shape index (κ1) is 12.9. The van der Waals surface area contributed by atoms with Gasteiger partial charge in [-0.2, -0.15) is 5.10 Å². The lowest BCUT2D eigenvalue weighted by atomic mass is 9.86. The summed E-state index contributed by atoms with van der Waals surface area (Å²) >= 11 is 0. The zero-order valence-corrected chi connectivity index (χ0v) is 10.5. The molecule has 4 nitrogen and oxygen atoms in total. The van der Waals surface area contributed by atoms with Gasteiger partial charge in [0.2, 0.25) is 0 Å². The van der Waals surface area contributed by atoms with Crippen LogP contribution in [-0.4, -0.2) is 21.6 Å². The van der Waals surface area contributed by atoms with Gasteiger partial charge in [-0.15, -0.1) is 0 Å². The van der Waals surface area contributed by atoms with Crippen molar-refractivity contribution in [1.29, 1.82) is 0 Å². The number of aryl methyl sites for hydroxylation is 1. The van der Waals surface area contributed by atoms with Crippen LogP contribution in [-0.2, 0) is 7.05 Å². The van der Waals surface area contributed by atoms with Crippen LogP contribution < -0.4 is 5.73 Å². The molecule has 0 bridgehead atoms. The Balaban J connectivity index is 2.52. The molecule has 0 amide bonds. The minimum Gasteiger partial charge on any atom is -0.327 e. The number of nitrogens with two attached hydrogens (primary N) is 1. The summed E-state index contributed by atoms with van der Waals surface area (Å²) in [5.74, 6) is 0.0253. The number of nitrogens with zero attached hydrogens (tertiary/aromatic N) is 2. The number of rotatable bonds is 4. The first-order chi connectivity index (χ1) is 7.28. The molecule has 0 aliphatic rings. The summed E-state index contributed by atoms with van der Waals surface area (Å²) in [6.07, 6.45) is 2.97. The lowest BCUT2D eigenvalue weighted by Gasteiger charge is -2.22. The van der Waals surface area contributed by atoms with Gasteiger partial charge in [-0.1, -0.05) is 20.8 Å². The maximum atomic E-state index is 11.8. The molecule has 1 unspecified atom stereocenters. The van der Waals surface area contributed by atoms with Crippen LogP contribution in [0.1, 0.15) is 44.1 Å². The van der Waals surface area contributed by atoms with E-state index < -0.39 is 0 Å². The maximum absolute atomic E-state index is 11.8. The van der Waals surface area contributed by atoms with Crippen molar-refractivity contribution in [3.63, 3.8) is 0 Å². The average molecular weight is 223 g/mol. The van der Waals surface area contributed by atoms with Crippen molar-refractivity contribution in [2.75, 3.05) is 0 Å². The first-order valence-electron chi connectivity index (χ1n) is 5.56. The molecule has 1 aromatic heterocycles. The molecule has 90 valence electrons. The van der Waals surface area contributed by atoms with E-state index in [1.807, 2.05) is 0 Å². The van der Waals surface area contributed by atoms with E-state index in [4.69, 9.17) is 5.73 Å². The van der Waals surface area contributed by atoms with Gasteiger partial charge in [-0.3, -0.25) is 9.48 Å². The van der Waals surface area contributed by atoms with Crippen molar-refractivity contribution in [2.45, 2.75) is 39.7 Å². The molecule has 0 aromatic carbocycles. The number of hydrogen-bond acceptors (Lipinski definition) is 3. The smallest absolute Gasteiger partial charge is 0.184 e. The summed E-state index contributed by atoms with van der Waals surface area (Å²) in [6, 6.07) is 1.64. The molecule has 0 radical (unpaired) electrons. The van der Waals surface area contributed by atoms with Gasteiger partial charge in [-0.05, 0) is 17.9 Å².